The molecule has 1 N–H and O–H groups in total. The maximum Gasteiger partial charge on any atom is 0.306 e. The van der Waals surface area contributed by atoms with Gasteiger partial charge >= 0.3 is 5.97 Å². The third kappa shape index (κ3) is 49.3. The Hall–Kier alpha value is -1.51. The first-order valence-corrected chi connectivity index (χ1v) is 30.1. The number of quaternary nitrogens is 1. The van der Waals surface area contributed by atoms with Crippen LogP contribution in [0, 0.1) is 0 Å². The summed E-state index contributed by atoms with van der Waals surface area (Å²) in [6, 6.07) is -0.885. The summed E-state index contributed by atoms with van der Waals surface area (Å²) >= 11 is 0. The van der Waals surface area contributed by atoms with Crippen molar-refractivity contribution in [1.82, 2.24) is 5.32 Å². The molecule has 0 saturated carbocycles. The van der Waals surface area contributed by atoms with E-state index >= 15 is 0 Å². The molecule has 0 radical (unpaired) electrons. The van der Waals surface area contributed by atoms with Gasteiger partial charge in [-0.1, -0.05) is 238 Å². The molecular weight excluding hydrogens is 856 g/mol. The Morgan fingerprint density at radius 2 is 0.881 bits per heavy atom. The molecule has 10 heteroatoms. The molecule has 0 aromatic rings. The smallest absolute Gasteiger partial charge is 0.306 e. The van der Waals surface area contributed by atoms with E-state index in [1.807, 2.05) is 33.3 Å². The van der Waals surface area contributed by atoms with Gasteiger partial charge in [0.25, 0.3) is 7.82 Å². The van der Waals surface area contributed by atoms with Gasteiger partial charge < -0.3 is 28.5 Å². The molecule has 3 unspecified atom stereocenters. The number of hydrogen-bond acceptors (Lipinski definition) is 7. The highest BCUT2D eigenvalue weighted by atomic mass is 31.2. The highest BCUT2D eigenvalue weighted by Crippen LogP contribution is 2.38. The minimum atomic E-state index is -4.69. The predicted molar refractivity (Wildman–Crippen MR) is 284 cm³/mol. The van der Waals surface area contributed by atoms with Gasteiger partial charge in [-0.05, 0) is 51.0 Å². The van der Waals surface area contributed by atoms with Crippen molar-refractivity contribution in [2.75, 3.05) is 40.9 Å². The van der Waals surface area contributed by atoms with Gasteiger partial charge in [0, 0.05) is 12.8 Å². The molecule has 0 aliphatic carbocycles. The average Bonchev–Trinajstić information content (AvgIpc) is 3.28. The summed E-state index contributed by atoms with van der Waals surface area (Å²) in [5.74, 6) is -0.540. The third-order valence-corrected chi connectivity index (χ3v) is 13.8. The van der Waals surface area contributed by atoms with Crippen molar-refractivity contribution in [3.8, 4) is 0 Å². The number of carbonyl (C=O) groups is 2. The third-order valence-electron chi connectivity index (χ3n) is 12.9. The number of hydrogen-bond donors (Lipinski definition) is 1. The summed E-state index contributed by atoms with van der Waals surface area (Å²) in [6.45, 7) is 6.82. The number of ether oxygens (including phenoxy) is 1. The van der Waals surface area contributed by atoms with Crippen molar-refractivity contribution in [2.24, 2.45) is 0 Å². The molecule has 0 bridgehead atoms. The second-order valence-electron chi connectivity index (χ2n) is 20.8. The first kappa shape index (κ1) is 65.5. The summed E-state index contributed by atoms with van der Waals surface area (Å²) in [4.78, 5) is 39.8. The van der Waals surface area contributed by atoms with E-state index in [1.165, 1.54) is 161 Å². The number of likely N-dealkylation sites (N-methyl/N-ethyl adjacent to an activating group) is 1. The zero-order chi connectivity index (χ0) is 49.4. The van der Waals surface area contributed by atoms with E-state index in [0.717, 1.165) is 83.5 Å². The summed E-state index contributed by atoms with van der Waals surface area (Å²) in [5, 5.41) is 3.01. The van der Waals surface area contributed by atoms with Crippen LogP contribution < -0.4 is 10.2 Å². The van der Waals surface area contributed by atoms with Crippen molar-refractivity contribution >= 4 is 19.7 Å². The van der Waals surface area contributed by atoms with Crippen molar-refractivity contribution in [3.63, 3.8) is 0 Å². The fourth-order valence-electron chi connectivity index (χ4n) is 8.39. The molecule has 0 rings (SSSR count). The molecule has 396 valence electrons. The minimum Gasteiger partial charge on any atom is -0.756 e. The predicted octanol–water partition coefficient (Wildman–Crippen LogP) is 16.4. The van der Waals surface area contributed by atoms with E-state index in [0.29, 0.717) is 17.4 Å². The average molecular weight is 967 g/mol. The topological polar surface area (TPSA) is 114 Å². The Morgan fingerprint density at radius 1 is 0.507 bits per heavy atom. The van der Waals surface area contributed by atoms with Gasteiger partial charge in [-0.25, -0.2) is 0 Å². The van der Waals surface area contributed by atoms with Crippen molar-refractivity contribution in [1.29, 1.82) is 0 Å². The molecule has 67 heavy (non-hydrogen) atoms. The molecular formula is C57H111N2O7P. The van der Waals surface area contributed by atoms with Crippen LogP contribution in [0.1, 0.15) is 278 Å². The molecule has 0 aromatic heterocycles. The van der Waals surface area contributed by atoms with Gasteiger partial charge in [-0.15, -0.1) is 0 Å². The monoisotopic (exact) mass is 967 g/mol. The Labute approximate surface area is 415 Å². The van der Waals surface area contributed by atoms with Gasteiger partial charge in [0.05, 0.1) is 33.8 Å². The van der Waals surface area contributed by atoms with E-state index < -0.39 is 20.0 Å². The Morgan fingerprint density at radius 3 is 1.31 bits per heavy atom. The first-order valence-electron chi connectivity index (χ1n) is 28.6. The first-order chi connectivity index (χ1) is 32.4. The molecule has 3 atom stereocenters. The molecule has 0 spiro atoms. The molecule has 0 heterocycles. The van der Waals surface area contributed by atoms with Crippen LogP contribution in [0.15, 0.2) is 24.3 Å². The summed E-state index contributed by atoms with van der Waals surface area (Å²) in [6.07, 6.45) is 54.2. The number of esters is 1. The normalized spacial score (nSPS) is 14.0. The van der Waals surface area contributed by atoms with Gasteiger partial charge in [0.2, 0.25) is 5.91 Å². The largest absolute Gasteiger partial charge is 0.756 e. The molecule has 0 aliphatic heterocycles. The lowest BCUT2D eigenvalue weighted by atomic mass is 10.0. The minimum absolute atomic E-state index is 0.0208. The number of rotatable bonds is 52. The fraction of sp³-hybridized carbons (Fsp3) is 0.895. The number of phosphoric acid groups is 1. The lowest BCUT2D eigenvalue weighted by molar-refractivity contribution is -0.870. The number of carbonyl (C=O) groups excluding carboxylic acids is 2. The van der Waals surface area contributed by atoms with Crippen LogP contribution >= 0.6 is 7.82 Å². The Bertz CT molecular complexity index is 1210. The number of amides is 1. The van der Waals surface area contributed by atoms with E-state index in [-0.39, 0.29) is 31.5 Å². The lowest BCUT2D eigenvalue weighted by Crippen LogP contribution is -2.47. The van der Waals surface area contributed by atoms with Crippen LogP contribution in [0.5, 0.6) is 0 Å². The summed E-state index contributed by atoms with van der Waals surface area (Å²) in [7, 11) is 1.19. The number of unbranched alkanes of at least 4 members (excludes halogenated alkanes) is 34. The zero-order valence-corrected chi connectivity index (χ0v) is 46.0. The van der Waals surface area contributed by atoms with Gasteiger partial charge in [-0.3, -0.25) is 14.2 Å². The van der Waals surface area contributed by atoms with Crippen LogP contribution in [0.2, 0.25) is 0 Å². The van der Waals surface area contributed by atoms with Crippen molar-refractivity contribution in [3.05, 3.63) is 24.3 Å². The van der Waals surface area contributed by atoms with Gasteiger partial charge in [0.15, 0.2) is 0 Å². The number of nitrogens with one attached hydrogen (secondary N) is 1. The molecule has 0 aliphatic rings. The molecule has 0 saturated heterocycles. The van der Waals surface area contributed by atoms with E-state index in [2.05, 4.69) is 38.2 Å². The van der Waals surface area contributed by atoms with Crippen molar-refractivity contribution in [2.45, 2.75) is 290 Å². The Kier molecular flexibility index (Phi) is 47.0. The molecule has 1 amide bonds. The molecule has 0 fully saturated rings. The quantitative estimate of drug-likeness (QED) is 0.0212. The van der Waals surface area contributed by atoms with E-state index in [4.69, 9.17) is 13.8 Å². The van der Waals surface area contributed by atoms with Crippen molar-refractivity contribution < 1.29 is 37.3 Å². The molecule has 9 nitrogen and oxygen atoms in total. The highest BCUT2D eigenvalue weighted by molar-refractivity contribution is 7.45. The van der Waals surface area contributed by atoms with Crippen LogP contribution in [0.25, 0.3) is 0 Å². The standard InChI is InChI=1S/C57H111N2O7P/c1-7-10-13-16-19-22-25-27-28-29-30-32-35-38-41-44-47-50-57(61)66-55(48-45-42-39-36-34-31-26-23-20-17-14-11-8-2)54(53-65-67(62,63)64-52-51-59(4,5)6)58-56(60)49-46-43-40-37-33-24-21-18-15-12-9-3/h18,21,45,48,54-55H,7-17,19-20,22-44,46-47,49-53H2,1-6H3,(H-,58,60,62,63)/b21-18-,48-45-. The lowest BCUT2D eigenvalue weighted by Gasteiger charge is -2.30. The van der Waals surface area contributed by atoms with Gasteiger partial charge in [-0.2, -0.15) is 0 Å². The maximum atomic E-state index is 13.4. The zero-order valence-electron chi connectivity index (χ0n) is 45.1. The van der Waals surface area contributed by atoms with E-state index in [1.54, 1.807) is 0 Å². The number of allylic oxidation sites excluding steroid dienone is 3. The molecule has 0 aromatic carbocycles. The summed E-state index contributed by atoms with van der Waals surface area (Å²) in [5.41, 5.74) is 0. The number of nitrogens with zero attached hydrogens (tertiary/aromatic N) is 1. The van der Waals surface area contributed by atoms with Crippen LogP contribution in [-0.4, -0.2) is 69.4 Å². The second-order valence-corrected chi connectivity index (χ2v) is 22.2. The van der Waals surface area contributed by atoms with Gasteiger partial charge in [0.1, 0.15) is 19.3 Å². The second kappa shape index (κ2) is 48.1. The highest BCUT2D eigenvalue weighted by Gasteiger charge is 2.27. The summed E-state index contributed by atoms with van der Waals surface area (Å²) < 4.78 is 30.2. The number of phosphoric ester groups is 1. The van der Waals surface area contributed by atoms with Crippen LogP contribution in [0.4, 0.5) is 0 Å². The fourth-order valence-corrected chi connectivity index (χ4v) is 9.11. The maximum absolute atomic E-state index is 13.4. The van der Waals surface area contributed by atoms with Crippen LogP contribution in [0.3, 0.4) is 0 Å². The SMILES string of the molecule is CCCC/C=C\CCCCCCCC(=O)NC(COP(=O)([O-])OCC[N+](C)(C)C)C(/C=C\CCCCCCCCCCCCC)OC(=O)CCCCCCCCCCCCCCCCCCC. The van der Waals surface area contributed by atoms with E-state index in [9.17, 15) is 19.0 Å². The van der Waals surface area contributed by atoms with Crippen LogP contribution in [-0.2, 0) is 27.9 Å². The Balaban J connectivity index is 5.31.